The Bertz CT molecular complexity index is 1030. The van der Waals surface area contributed by atoms with E-state index in [1.54, 1.807) is 24.3 Å². The summed E-state index contributed by atoms with van der Waals surface area (Å²) in [6.45, 7) is 4.11. The third kappa shape index (κ3) is 5.63. The topological polar surface area (TPSA) is 84.3 Å². The summed E-state index contributed by atoms with van der Waals surface area (Å²) in [7, 11) is 0. The monoisotopic (exact) mass is 401 g/mol. The van der Waals surface area contributed by atoms with Gasteiger partial charge in [-0.15, -0.1) is 0 Å². The molecule has 6 heteroatoms. The lowest BCUT2D eigenvalue weighted by Gasteiger charge is -2.20. The predicted octanol–water partition coefficient (Wildman–Crippen LogP) is 6.90. The molecule has 0 saturated heterocycles. The maximum atomic E-state index is 12.8. The van der Waals surface area contributed by atoms with Crippen molar-refractivity contribution in [1.29, 1.82) is 0 Å². The number of hydrogen-bond donors (Lipinski definition) is 0. The number of benzene rings is 3. The molecule has 0 heterocycles. The average molecular weight is 401 g/mol. The van der Waals surface area contributed by atoms with Crippen molar-refractivity contribution in [3.05, 3.63) is 100 Å². The normalized spacial score (nSPS) is 11.4. The van der Waals surface area contributed by atoms with Crippen molar-refractivity contribution in [2.45, 2.75) is 26.4 Å². The van der Waals surface area contributed by atoms with Gasteiger partial charge in [-0.25, -0.2) is 0 Å². The molecule has 0 spiro atoms. The molecule has 30 heavy (non-hydrogen) atoms. The van der Waals surface area contributed by atoms with Gasteiger partial charge in [0, 0.05) is 10.6 Å². The van der Waals surface area contributed by atoms with Gasteiger partial charge in [0.25, 0.3) is 0 Å². The van der Waals surface area contributed by atoms with Crippen LogP contribution in [0.3, 0.4) is 0 Å². The van der Waals surface area contributed by atoms with Crippen LogP contribution in [0.2, 0.25) is 0 Å². The Hall–Kier alpha value is -3.76. The maximum absolute atomic E-state index is 12.8. The Morgan fingerprint density at radius 3 is 2.33 bits per heavy atom. The zero-order valence-electron chi connectivity index (χ0n) is 16.9. The smallest absolute Gasteiger partial charge is 0.314 e. The number of rotatable bonds is 8. The number of carbonyl (C=O) groups excluding carboxylic acids is 1. The molecule has 0 amide bonds. The standard InChI is InChI=1S/C24H23N3O3/c1-17(2)23(19-11-13-20(14-12-19)26-27-25)24(28)29-16-18-7-6-10-22(15-18)30-21-8-4-3-5-9-21/h3-15,17,23H,16H2,1-2H3. The molecule has 0 aliphatic rings. The number of carbonyl (C=O) groups is 1. The molecular formula is C24H23N3O3. The van der Waals surface area contributed by atoms with Crippen molar-refractivity contribution in [3.8, 4) is 11.5 Å². The molecule has 0 saturated carbocycles. The van der Waals surface area contributed by atoms with Crippen LogP contribution in [0.25, 0.3) is 10.4 Å². The zero-order chi connectivity index (χ0) is 21.3. The average Bonchev–Trinajstić information content (AvgIpc) is 2.75. The molecule has 152 valence electrons. The largest absolute Gasteiger partial charge is 0.460 e. The Kier molecular flexibility index (Phi) is 7.09. The van der Waals surface area contributed by atoms with E-state index in [0.29, 0.717) is 11.4 Å². The van der Waals surface area contributed by atoms with E-state index in [-0.39, 0.29) is 18.5 Å². The third-order valence-electron chi connectivity index (χ3n) is 4.59. The van der Waals surface area contributed by atoms with Crippen LogP contribution in [0.15, 0.2) is 84.0 Å². The zero-order valence-corrected chi connectivity index (χ0v) is 16.9. The summed E-state index contributed by atoms with van der Waals surface area (Å²) in [4.78, 5) is 15.6. The molecule has 1 unspecified atom stereocenters. The van der Waals surface area contributed by atoms with E-state index in [1.807, 2.05) is 68.4 Å². The molecule has 0 aliphatic heterocycles. The molecular weight excluding hydrogens is 378 g/mol. The summed E-state index contributed by atoms with van der Waals surface area (Å²) in [6.07, 6.45) is 0. The molecule has 0 bridgehead atoms. The van der Waals surface area contributed by atoms with E-state index in [9.17, 15) is 4.79 Å². The molecule has 1 atom stereocenters. The number of para-hydroxylation sites is 1. The molecule has 0 aliphatic carbocycles. The summed E-state index contributed by atoms with van der Waals surface area (Å²) in [5, 5.41) is 3.56. The SMILES string of the molecule is CC(C)C(C(=O)OCc1cccc(Oc2ccccc2)c1)c1ccc(N=[N+]=[N-])cc1. The van der Waals surface area contributed by atoms with Crippen molar-refractivity contribution in [1.82, 2.24) is 0 Å². The van der Waals surface area contributed by atoms with Gasteiger partial charge in [0.2, 0.25) is 0 Å². The van der Waals surface area contributed by atoms with E-state index in [0.717, 1.165) is 16.9 Å². The highest BCUT2D eigenvalue weighted by Crippen LogP contribution is 2.28. The fraction of sp³-hybridized carbons (Fsp3) is 0.208. The van der Waals surface area contributed by atoms with Gasteiger partial charge in [-0.1, -0.05) is 73.6 Å². The minimum Gasteiger partial charge on any atom is -0.460 e. The number of nitrogens with zero attached hydrogens (tertiary/aromatic N) is 3. The van der Waals surface area contributed by atoms with Gasteiger partial charge in [-0.05, 0) is 46.8 Å². The first-order valence-corrected chi connectivity index (χ1v) is 9.70. The Labute approximate surface area is 175 Å². The first-order chi connectivity index (χ1) is 14.6. The molecule has 0 aromatic heterocycles. The maximum Gasteiger partial charge on any atom is 0.314 e. The fourth-order valence-electron chi connectivity index (χ4n) is 3.16. The predicted molar refractivity (Wildman–Crippen MR) is 116 cm³/mol. The fourth-order valence-corrected chi connectivity index (χ4v) is 3.16. The van der Waals surface area contributed by atoms with Gasteiger partial charge in [0.15, 0.2) is 0 Å². The van der Waals surface area contributed by atoms with Gasteiger partial charge in [-0.2, -0.15) is 0 Å². The highest BCUT2D eigenvalue weighted by Gasteiger charge is 2.25. The Morgan fingerprint density at radius 2 is 1.67 bits per heavy atom. The van der Waals surface area contributed by atoms with Gasteiger partial charge >= 0.3 is 5.97 Å². The van der Waals surface area contributed by atoms with Crippen LogP contribution in [0.5, 0.6) is 11.5 Å². The Morgan fingerprint density at radius 1 is 0.967 bits per heavy atom. The first kappa shape index (κ1) is 21.0. The van der Waals surface area contributed by atoms with Crippen molar-refractivity contribution >= 4 is 11.7 Å². The summed E-state index contributed by atoms with van der Waals surface area (Å²) in [6, 6.07) is 24.0. The lowest BCUT2D eigenvalue weighted by molar-refractivity contribution is -0.148. The van der Waals surface area contributed by atoms with Crippen LogP contribution in [0.4, 0.5) is 5.69 Å². The lowest BCUT2D eigenvalue weighted by Crippen LogP contribution is -2.20. The number of ether oxygens (including phenoxy) is 2. The minimum atomic E-state index is -0.408. The highest BCUT2D eigenvalue weighted by molar-refractivity contribution is 5.78. The van der Waals surface area contributed by atoms with Crippen LogP contribution in [0, 0.1) is 5.92 Å². The molecule has 6 nitrogen and oxygen atoms in total. The van der Waals surface area contributed by atoms with Crippen molar-refractivity contribution in [3.63, 3.8) is 0 Å². The third-order valence-corrected chi connectivity index (χ3v) is 4.59. The van der Waals surface area contributed by atoms with Gasteiger partial charge in [-0.3, -0.25) is 4.79 Å². The van der Waals surface area contributed by atoms with E-state index >= 15 is 0 Å². The lowest BCUT2D eigenvalue weighted by atomic mass is 9.88. The van der Waals surface area contributed by atoms with E-state index in [1.165, 1.54) is 0 Å². The van der Waals surface area contributed by atoms with Gasteiger partial charge in [0.1, 0.15) is 18.1 Å². The van der Waals surface area contributed by atoms with E-state index < -0.39 is 5.92 Å². The van der Waals surface area contributed by atoms with Crippen LogP contribution >= 0.6 is 0 Å². The molecule has 0 fully saturated rings. The van der Waals surface area contributed by atoms with E-state index in [2.05, 4.69) is 10.0 Å². The van der Waals surface area contributed by atoms with Crippen LogP contribution < -0.4 is 4.74 Å². The molecule has 0 radical (unpaired) electrons. The second kappa shape index (κ2) is 10.1. The summed E-state index contributed by atoms with van der Waals surface area (Å²) in [5.41, 5.74) is 10.7. The minimum absolute atomic E-state index is 0.0515. The summed E-state index contributed by atoms with van der Waals surface area (Å²) < 4.78 is 11.4. The van der Waals surface area contributed by atoms with E-state index in [4.69, 9.17) is 15.0 Å². The van der Waals surface area contributed by atoms with Crippen molar-refractivity contribution < 1.29 is 14.3 Å². The number of hydrogen-bond acceptors (Lipinski definition) is 4. The molecule has 3 aromatic rings. The van der Waals surface area contributed by atoms with Gasteiger partial charge < -0.3 is 9.47 Å². The molecule has 0 N–H and O–H groups in total. The van der Waals surface area contributed by atoms with Crippen molar-refractivity contribution in [2.75, 3.05) is 0 Å². The van der Waals surface area contributed by atoms with Crippen LogP contribution in [-0.2, 0) is 16.1 Å². The number of esters is 1. The molecule has 3 rings (SSSR count). The van der Waals surface area contributed by atoms with Crippen molar-refractivity contribution in [2.24, 2.45) is 11.0 Å². The first-order valence-electron chi connectivity index (χ1n) is 9.70. The second-order valence-corrected chi connectivity index (χ2v) is 7.17. The number of azide groups is 1. The van der Waals surface area contributed by atoms with Crippen LogP contribution in [0.1, 0.15) is 30.9 Å². The van der Waals surface area contributed by atoms with Gasteiger partial charge in [0.05, 0.1) is 5.92 Å². The quantitative estimate of drug-likeness (QED) is 0.178. The summed E-state index contributed by atoms with van der Waals surface area (Å²) >= 11 is 0. The Balaban J connectivity index is 1.67. The molecule has 3 aromatic carbocycles. The highest BCUT2D eigenvalue weighted by atomic mass is 16.5. The summed E-state index contributed by atoms with van der Waals surface area (Å²) in [5.74, 6) is 0.778. The van der Waals surface area contributed by atoms with Crippen LogP contribution in [-0.4, -0.2) is 5.97 Å². The second-order valence-electron chi connectivity index (χ2n) is 7.17.